The van der Waals surface area contributed by atoms with Gasteiger partial charge in [0.15, 0.2) is 5.75 Å². The van der Waals surface area contributed by atoms with Gasteiger partial charge in [-0.3, -0.25) is 20.2 Å². The Bertz CT molecular complexity index is 836. The molecule has 23 heavy (non-hydrogen) atoms. The van der Waals surface area contributed by atoms with E-state index in [1.54, 1.807) is 6.07 Å². The van der Waals surface area contributed by atoms with Crippen molar-refractivity contribution < 1.29 is 19.9 Å². The Hall–Kier alpha value is -3.94. The minimum absolute atomic E-state index is 0.00989. The molecule has 0 aliphatic carbocycles. The smallest absolute Gasteiger partial charge is 0.315 e. The topological polar surface area (TPSA) is 178 Å². The molecule has 1 aromatic heterocycles. The fraction of sp³-hybridized carbons (Fsp3) is 0. The highest BCUT2D eigenvalue weighted by atomic mass is 16.6. The minimum Gasteiger partial charge on any atom is -0.504 e. The van der Waals surface area contributed by atoms with Gasteiger partial charge in [-0.2, -0.15) is 15.3 Å². The largest absolute Gasteiger partial charge is 0.504 e. The molecular formula is C12H8N6O5. The van der Waals surface area contributed by atoms with E-state index >= 15 is 0 Å². The summed E-state index contributed by atoms with van der Waals surface area (Å²) >= 11 is 0. The number of carbonyl (C=O) groups is 1. The van der Waals surface area contributed by atoms with Crippen LogP contribution in [0.1, 0.15) is 5.56 Å². The summed E-state index contributed by atoms with van der Waals surface area (Å²) in [6.45, 7) is 0. The number of hydrogen-bond donors (Lipinski definition) is 4. The van der Waals surface area contributed by atoms with Gasteiger partial charge in [0.1, 0.15) is 18.0 Å². The first-order chi connectivity index (χ1) is 10.9. The van der Waals surface area contributed by atoms with Crippen LogP contribution in [0.25, 0.3) is 6.08 Å². The van der Waals surface area contributed by atoms with Crippen LogP contribution in [0.5, 0.6) is 11.5 Å². The van der Waals surface area contributed by atoms with Crippen molar-refractivity contribution in [2.45, 2.75) is 0 Å². The second kappa shape index (κ2) is 6.22. The molecule has 1 heterocycles. The van der Waals surface area contributed by atoms with E-state index < -0.39 is 33.6 Å². The molecular weight excluding hydrogens is 308 g/mol. The maximum atomic E-state index is 11.9. The van der Waals surface area contributed by atoms with Gasteiger partial charge in [0.05, 0.1) is 4.92 Å². The monoisotopic (exact) mass is 316 g/mol. The molecule has 0 saturated heterocycles. The summed E-state index contributed by atoms with van der Waals surface area (Å²) in [5.74, 6) is -2.48. The van der Waals surface area contributed by atoms with Crippen molar-refractivity contribution in [2.75, 3.05) is 5.32 Å². The highest BCUT2D eigenvalue weighted by Gasteiger charge is 2.19. The number of nitro benzene ring substituents is 1. The van der Waals surface area contributed by atoms with E-state index in [0.29, 0.717) is 0 Å². The Labute approximate surface area is 127 Å². The molecule has 4 N–H and O–H groups in total. The molecule has 0 bridgehead atoms. The van der Waals surface area contributed by atoms with Crippen LogP contribution in [0.4, 0.5) is 11.6 Å². The molecule has 0 aliphatic rings. The van der Waals surface area contributed by atoms with Gasteiger partial charge in [0, 0.05) is 6.07 Å². The van der Waals surface area contributed by atoms with Crippen molar-refractivity contribution >= 4 is 23.6 Å². The molecule has 0 spiro atoms. The first kappa shape index (κ1) is 15.4. The molecule has 0 atom stereocenters. The van der Waals surface area contributed by atoms with E-state index in [1.165, 1.54) is 0 Å². The SMILES string of the molecule is N#C/C(=C\c1cc(O)c(O)c([N+](=O)[O-])c1)C(=O)Nc1ncn[nH]1. The summed E-state index contributed by atoms with van der Waals surface area (Å²) in [6.07, 6.45) is 2.16. The molecule has 11 heteroatoms. The lowest BCUT2D eigenvalue weighted by atomic mass is 10.1. The number of amides is 1. The van der Waals surface area contributed by atoms with Gasteiger partial charge in [-0.15, -0.1) is 0 Å². The number of aromatic hydroxyl groups is 2. The van der Waals surface area contributed by atoms with E-state index in [0.717, 1.165) is 24.5 Å². The second-order valence-corrected chi connectivity index (χ2v) is 4.12. The molecule has 0 fully saturated rings. The summed E-state index contributed by atoms with van der Waals surface area (Å²) in [4.78, 5) is 25.4. The van der Waals surface area contributed by atoms with Crippen LogP contribution < -0.4 is 5.32 Å². The van der Waals surface area contributed by atoms with Crippen LogP contribution in [-0.2, 0) is 4.79 Å². The highest BCUT2D eigenvalue weighted by Crippen LogP contribution is 2.36. The van der Waals surface area contributed by atoms with E-state index in [1.807, 2.05) is 0 Å². The van der Waals surface area contributed by atoms with Crippen LogP contribution in [0.3, 0.4) is 0 Å². The van der Waals surface area contributed by atoms with E-state index in [2.05, 4.69) is 20.5 Å². The summed E-state index contributed by atoms with van der Waals surface area (Å²) in [6, 6.07) is 3.50. The van der Waals surface area contributed by atoms with E-state index in [4.69, 9.17) is 5.26 Å². The number of nitriles is 1. The quantitative estimate of drug-likeness (QED) is 0.209. The van der Waals surface area contributed by atoms with Gasteiger partial charge in [-0.05, 0) is 17.7 Å². The van der Waals surface area contributed by atoms with Crippen molar-refractivity contribution in [1.29, 1.82) is 5.26 Å². The molecule has 2 aromatic rings. The fourth-order valence-corrected chi connectivity index (χ4v) is 1.60. The maximum Gasteiger partial charge on any atom is 0.315 e. The third-order valence-corrected chi connectivity index (χ3v) is 2.61. The average Bonchev–Trinajstić information content (AvgIpc) is 3.00. The van der Waals surface area contributed by atoms with E-state index in [9.17, 15) is 25.1 Å². The van der Waals surface area contributed by atoms with Crippen LogP contribution in [0, 0.1) is 21.4 Å². The second-order valence-electron chi connectivity index (χ2n) is 4.12. The van der Waals surface area contributed by atoms with Crippen molar-refractivity contribution in [1.82, 2.24) is 15.2 Å². The van der Waals surface area contributed by atoms with Gasteiger partial charge in [0.2, 0.25) is 11.7 Å². The molecule has 0 aliphatic heterocycles. The van der Waals surface area contributed by atoms with E-state index in [-0.39, 0.29) is 11.5 Å². The molecule has 2 rings (SSSR count). The predicted octanol–water partition coefficient (Wildman–Crippen LogP) is 0.670. The highest BCUT2D eigenvalue weighted by molar-refractivity contribution is 6.09. The number of aromatic nitrogens is 3. The number of nitro groups is 1. The number of benzene rings is 1. The lowest BCUT2D eigenvalue weighted by Gasteiger charge is -2.03. The van der Waals surface area contributed by atoms with Gasteiger partial charge in [-0.1, -0.05) is 0 Å². The number of phenols is 2. The number of carbonyl (C=O) groups excluding carboxylic acids is 1. The van der Waals surface area contributed by atoms with Crippen LogP contribution in [0.15, 0.2) is 24.0 Å². The van der Waals surface area contributed by atoms with Crippen LogP contribution >= 0.6 is 0 Å². The van der Waals surface area contributed by atoms with Crippen molar-refractivity contribution in [2.24, 2.45) is 0 Å². The number of phenolic OH excluding ortho intramolecular Hbond substituents is 2. The van der Waals surface area contributed by atoms with Gasteiger partial charge in [-0.25, -0.2) is 5.10 Å². The summed E-state index contributed by atoms with van der Waals surface area (Å²) in [5.41, 5.74) is -1.18. The molecule has 116 valence electrons. The lowest BCUT2D eigenvalue weighted by molar-refractivity contribution is -0.386. The van der Waals surface area contributed by atoms with Crippen LogP contribution in [0.2, 0.25) is 0 Å². The van der Waals surface area contributed by atoms with Crippen molar-refractivity contribution in [3.8, 4) is 17.6 Å². The number of aromatic amines is 1. The number of rotatable bonds is 4. The Morgan fingerprint density at radius 1 is 1.48 bits per heavy atom. The number of H-pyrrole nitrogens is 1. The van der Waals surface area contributed by atoms with Gasteiger partial charge < -0.3 is 10.2 Å². The predicted molar refractivity (Wildman–Crippen MR) is 75.0 cm³/mol. The normalized spacial score (nSPS) is 10.8. The third-order valence-electron chi connectivity index (χ3n) is 2.61. The summed E-state index contributed by atoms with van der Waals surface area (Å²) < 4.78 is 0. The Morgan fingerprint density at radius 2 is 2.22 bits per heavy atom. The maximum absolute atomic E-state index is 11.9. The first-order valence-corrected chi connectivity index (χ1v) is 5.91. The number of nitrogens with one attached hydrogen (secondary N) is 2. The van der Waals surface area contributed by atoms with Gasteiger partial charge >= 0.3 is 5.69 Å². The lowest BCUT2D eigenvalue weighted by Crippen LogP contribution is -2.14. The number of anilines is 1. The number of hydrogen-bond acceptors (Lipinski definition) is 8. The zero-order valence-electron chi connectivity index (χ0n) is 11.2. The van der Waals surface area contributed by atoms with Gasteiger partial charge in [0.25, 0.3) is 5.91 Å². The van der Waals surface area contributed by atoms with Crippen LogP contribution in [-0.4, -0.2) is 36.2 Å². The molecule has 1 amide bonds. The molecule has 0 unspecified atom stereocenters. The Morgan fingerprint density at radius 3 is 2.78 bits per heavy atom. The standard InChI is InChI=1S/C12H8N6O5/c13-4-7(11(21)16-12-14-5-15-17-12)1-6-2-8(18(22)23)10(20)9(19)3-6/h1-3,5,19-20H,(H2,14,15,16,17,21)/b7-1+. The summed E-state index contributed by atoms with van der Waals surface area (Å²) in [5, 5.41) is 46.8. The first-order valence-electron chi connectivity index (χ1n) is 5.91. The number of nitrogens with zero attached hydrogens (tertiary/aromatic N) is 4. The Kier molecular flexibility index (Phi) is 4.18. The van der Waals surface area contributed by atoms with Crippen molar-refractivity contribution in [3.63, 3.8) is 0 Å². The molecule has 0 saturated carbocycles. The molecule has 11 nitrogen and oxygen atoms in total. The minimum atomic E-state index is -0.910. The fourth-order valence-electron chi connectivity index (χ4n) is 1.60. The zero-order chi connectivity index (χ0) is 17.0. The van der Waals surface area contributed by atoms with Crippen molar-refractivity contribution in [3.05, 3.63) is 39.7 Å². The Balaban J connectivity index is 2.36. The zero-order valence-corrected chi connectivity index (χ0v) is 11.2. The summed E-state index contributed by atoms with van der Waals surface area (Å²) in [7, 11) is 0. The molecule has 1 aromatic carbocycles. The third kappa shape index (κ3) is 3.39. The average molecular weight is 316 g/mol. The molecule has 0 radical (unpaired) electrons.